The lowest BCUT2D eigenvalue weighted by atomic mass is 9.99. The average Bonchev–Trinajstić information content (AvgIpc) is 3.00. The van der Waals surface area contributed by atoms with Gasteiger partial charge in [0, 0.05) is 29.8 Å². The monoisotopic (exact) mass is 368 g/mol. The lowest BCUT2D eigenvalue weighted by molar-refractivity contribution is 0.332. The van der Waals surface area contributed by atoms with Crippen LogP contribution < -0.4 is 0 Å². The minimum Gasteiger partial charge on any atom is -0.357 e. The second-order valence-corrected chi connectivity index (χ2v) is 7.22. The van der Waals surface area contributed by atoms with Crippen LogP contribution in [-0.4, -0.2) is 24.8 Å². The maximum absolute atomic E-state index is 14.5. The van der Waals surface area contributed by atoms with Crippen molar-refractivity contribution in [3.63, 3.8) is 0 Å². The van der Waals surface area contributed by atoms with Gasteiger partial charge in [-0.1, -0.05) is 5.16 Å². The van der Waals surface area contributed by atoms with E-state index in [0.29, 0.717) is 17.7 Å². The van der Waals surface area contributed by atoms with Crippen LogP contribution in [0.15, 0.2) is 46.1 Å². The predicted octanol–water partition coefficient (Wildman–Crippen LogP) is 3.55. The summed E-state index contributed by atoms with van der Waals surface area (Å²) in [4.78, 5) is 3.11. The van der Waals surface area contributed by atoms with Crippen molar-refractivity contribution >= 4 is 9.84 Å². The van der Waals surface area contributed by atoms with Gasteiger partial charge in [0.2, 0.25) is 0 Å². The molecule has 3 aromatic rings. The average molecular weight is 368 g/mol. The van der Waals surface area contributed by atoms with E-state index in [1.807, 2.05) is 0 Å². The van der Waals surface area contributed by atoms with E-state index in [2.05, 4.69) is 10.1 Å². The zero-order valence-corrected chi connectivity index (χ0v) is 13.6. The van der Waals surface area contributed by atoms with Crippen LogP contribution >= 0.6 is 0 Å². The summed E-state index contributed by atoms with van der Waals surface area (Å²) in [6.07, 6.45) is 3.67. The van der Waals surface area contributed by atoms with E-state index in [-0.39, 0.29) is 22.6 Å². The molecule has 0 saturated heterocycles. The SMILES string of the molecule is CS(=O)(=O)c1cc(F)c(-c2c(-c3cccnc3)noc2CF)cc1F. The van der Waals surface area contributed by atoms with Gasteiger partial charge in [0.25, 0.3) is 0 Å². The van der Waals surface area contributed by atoms with Gasteiger partial charge < -0.3 is 4.52 Å². The van der Waals surface area contributed by atoms with Crippen molar-refractivity contribution in [1.82, 2.24) is 10.1 Å². The normalized spacial score (nSPS) is 11.7. The summed E-state index contributed by atoms with van der Waals surface area (Å²) in [6, 6.07) is 4.43. The number of benzene rings is 1. The molecular weight excluding hydrogens is 357 g/mol. The van der Waals surface area contributed by atoms with E-state index in [1.165, 1.54) is 12.4 Å². The molecule has 0 spiro atoms. The lowest BCUT2D eigenvalue weighted by Gasteiger charge is -2.08. The molecule has 2 aromatic heterocycles. The Morgan fingerprint density at radius 3 is 2.56 bits per heavy atom. The van der Waals surface area contributed by atoms with Crippen LogP contribution in [0.3, 0.4) is 0 Å². The number of halogens is 3. The summed E-state index contributed by atoms with van der Waals surface area (Å²) in [5, 5.41) is 3.71. The number of nitrogens with zero attached hydrogens (tertiary/aromatic N) is 2. The highest BCUT2D eigenvalue weighted by Gasteiger charge is 2.25. The third kappa shape index (κ3) is 3.14. The molecule has 3 rings (SSSR count). The number of alkyl halides is 1. The highest BCUT2D eigenvalue weighted by atomic mass is 32.2. The second-order valence-electron chi connectivity index (χ2n) is 5.24. The Bertz CT molecular complexity index is 1030. The Balaban J connectivity index is 2.27. The summed E-state index contributed by atoms with van der Waals surface area (Å²) in [7, 11) is -3.96. The molecule has 130 valence electrons. The van der Waals surface area contributed by atoms with Crippen molar-refractivity contribution in [3.8, 4) is 22.4 Å². The Hall–Kier alpha value is -2.68. The van der Waals surface area contributed by atoms with Crippen molar-refractivity contribution in [2.45, 2.75) is 11.6 Å². The number of sulfone groups is 1. The number of hydrogen-bond donors (Lipinski definition) is 0. The van der Waals surface area contributed by atoms with Crippen molar-refractivity contribution in [2.75, 3.05) is 6.26 Å². The number of pyridine rings is 1. The molecule has 0 N–H and O–H groups in total. The summed E-state index contributed by atoms with van der Waals surface area (Å²) in [5.41, 5.74) is 0.0451. The zero-order valence-electron chi connectivity index (χ0n) is 12.8. The van der Waals surface area contributed by atoms with E-state index in [9.17, 15) is 21.6 Å². The molecule has 2 heterocycles. The van der Waals surface area contributed by atoms with Crippen molar-refractivity contribution in [3.05, 3.63) is 54.1 Å². The smallest absolute Gasteiger partial charge is 0.178 e. The highest BCUT2D eigenvalue weighted by molar-refractivity contribution is 7.90. The van der Waals surface area contributed by atoms with E-state index in [4.69, 9.17) is 4.52 Å². The van der Waals surface area contributed by atoms with Gasteiger partial charge in [0.1, 0.15) is 22.2 Å². The van der Waals surface area contributed by atoms with Crippen molar-refractivity contribution in [2.24, 2.45) is 0 Å². The molecule has 25 heavy (non-hydrogen) atoms. The topological polar surface area (TPSA) is 73.1 Å². The molecule has 0 saturated carbocycles. The van der Waals surface area contributed by atoms with Crippen LogP contribution in [0.25, 0.3) is 22.4 Å². The first kappa shape index (κ1) is 17.2. The van der Waals surface area contributed by atoms with Crippen LogP contribution in [0.4, 0.5) is 13.2 Å². The van der Waals surface area contributed by atoms with Crippen LogP contribution in [0.5, 0.6) is 0 Å². The van der Waals surface area contributed by atoms with Gasteiger partial charge in [0.05, 0.1) is 5.56 Å². The van der Waals surface area contributed by atoms with E-state index >= 15 is 0 Å². The molecule has 0 fully saturated rings. The largest absolute Gasteiger partial charge is 0.357 e. The molecule has 0 aliphatic carbocycles. The highest BCUT2D eigenvalue weighted by Crippen LogP contribution is 2.37. The van der Waals surface area contributed by atoms with Crippen LogP contribution in [0, 0.1) is 11.6 Å². The van der Waals surface area contributed by atoms with Gasteiger partial charge in [-0.15, -0.1) is 0 Å². The number of rotatable bonds is 4. The van der Waals surface area contributed by atoms with Gasteiger partial charge in [-0.25, -0.2) is 21.6 Å². The van der Waals surface area contributed by atoms with Crippen LogP contribution in [-0.2, 0) is 16.5 Å². The van der Waals surface area contributed by atoms with Gasteiger partial charge in [-0.3, -0.25) is 4.98 Å². The Morgan fingerprint density at radius 1 is 1.20 bits per heavy atom. The Labute approximate surface area is 141 Å². The van der Waals surface area contributed by atoms with Gasteiger partial charge >= 0.3 is 0 Å². The second kappa shape index (κ2) is 6.32. The van der Waals surface area contributed by atoms with Gasteiger partial charge in [0.15, 0.2) is 22.3 Å². The summed E-state index contributed by atoms with van der Waals surface area (Å²) < 4.78 is 69.8. The molecule has 0 atom stereocenters. The van der Waals surface area contributed by atoms with Gasteiger partial charge in [-0.05, 0) is 24.3 Å². The molecule has 9 heteroatoms. The molecule has 0 amide bonds. The molecule has 0 bridgehead atoms. The molecule has 5 nitrogen and oxygen atoms in total. The maximum atomic E-state index is 14.5. The van der Waals surface area contributed by atoms with E-state index in [0.717, 1.165) is 6.26 Å². The minimum absolute atomic E-state index is 0.0751. The molecule has 1 aromatic carbocycles. The van der Waals surface area contributed by atoms with Crippen LogP contribution in [0.1, 0.15) is 5.76 Å². The van der Waals surface area contributed by atoms with Crippen molar-refractivity contribution in [1.29, 1.82) is 0 Å². The molecule has 0 aliphatic rings. The fourth-order valence-corrected chi connectivity index (χ4v) is 3.13. The molecule has 0 aliphatic heterocycles. The number of hydrogen-bond acceptors (Lipinski definition) is 5. The fraction of sp³-hybridized carbons (Fsp3) is 0.125. The summed E-state index contributed by atoms with van der Waals surface area (Å²) >= 11 is 0. The quantitative estimate of drug-likeness (QED) is 0.704. The van der Waals surface area contributed by atoms with E-state index in [1.54, 1.807) is 12.1 Å². The van der Waals surface area contributed by atoms with E-state index < -0.39 is 33.0 Å². The minimum atomic E-state index is -3.96. The Morgan fingerprint density at radius 2 is 1.96 bits per heavy atom. The first-order chi connectivity index (χ1) is 11.8. The third-order valence-corrected chi connectivity index (χ3v) is 4.62. The first-order valence-electron chi connectivity index (χ1n) is 6.97. The number of aromatic nitrogens is 2. The molecular formula is C16H11F3N2O3S. The molecule has 0 unspecified atom stereocenters. The summed E-state index contributed by atoms with van der Waals surface area (Å²) in [5.74, 6) is -2.49. The van der Waals surface area contributed by atoms with Crippen LogP contribution in [0.2, 0.25) is 0 Å². The standard InChI is InChI=1S/C16H11F3N2O3S/c1-25(22,23)14-6-11(18)10(5-12(14)19)15-13(7-17)24-21-16(15)9-3-2-4-20-8-9/h2-6,8H,7H2,1H3. The van der Waals surface area contributed by atoms with Crippen molar-refractivity contribution < 1.29 is 26.1 Å². The fourth-order valence-electron chi connectivity index (χ4n) is 2.40. The third-order valence-electron chi connectivity index (χ3n) is 3.51. The molecule has 0 radical (unpaired) electrons. The zero-order chi connectivity index (χ0) is 18.2. The maximum Gasteiger partial charge on any atom is 0.178 e. The van der Waals surface area contributed by atoms with Gasteiger partial charge in [-0.2, -0.15) is 0 Å². The first-order valence-corrected chi connectivity index (χ1v) is 8.86. The summed E-state index contributed by atoms with van der Waals surface area (Å²) in [6.45, 7) is -1.10. The lowest BCUT2D eigenvalue weighted by Crippen LogP contribution is -2.03. The Kier molecular flexibility index (Phi) is 4.34. The predicted molar refractivity (Wildman–Crippen MR) is 83.0 cm³/mol.